The van der Waals surface area contributed by atoms with Gasteiger partial charge in [-0.15, -0.1) is 0 Å². The van der Waals surface area contributed by atoms with E-state index in [0.29, 0.717) is 12.1 Å². The molecule has 0 fully saturated rings. The molecule has 0 saturated heterocycles. The van der Waals surface area contributed by atoms with Crippen LogP contribution >= 0.6 is 0 Å². The van der Waals surface area contributed by atoms with Gasteiger partial charge in [-0.05, 0) is 37.3 Å². The Morgan fingerprint density at radius 2 is 1.90 bits per heavy atom. The number of fused-ring (bicyclic) bond motifs is 1. The average molecular weight is 278 g/mol. The molecule has 2 aromatic rings. The highest BCUT2D eigenvalue weighted by Gasteiger charge is 2.28. The standard InChI is InChI=1S/C17H14N2O2/c1-12-17(20)19(15-8-6-13(10-18)7-9-15)11-14-4-2-3-5-16(14)21-12/h2-9,12H,11H2,1H3. The molecule has 1 aliphatic heterocycles. The molecule has 0 aromatic heterocycles. The predicted octanol–water partition coefficient (Wildman–Crippen LogP) is 2.87. The van der Waals surface area contributed by atoms with Crippen LogP contribution in [0.15, 0.2) is 48.5 Å². The van der Waals surface area contributed by atoms with Crippen molar-refractivity contribution in [3.05, 3.63) is 59.7 Å². The number of benzene rings is 2. The van der Waals surface area contributed by atoms with Crippen molar-refractivity contribution in [1.29, 1.82) is 5.26 Å². The van der Waals surface area contributed by atoms with Gasteiger partial charge in [0.05, 0.1) is 18.2 Å². The molecule has 21 heavy (non-hydrogen) atoms. The molecule has 0 aliphatic carbocycles. The molecule has 0 bridgehead atoms. The maximum absolute atomic E-state index is 12.5. The summed E-state index contributed by atoms with van der Waals surface area (Å²) in [6.07, 6.45) is -0.538. The Labute approximate surface area is 123 Å². The van der Waals surface area contributed by atoms with Gasteiger partial charge in [0.1, 0.15) is 5.75 Å². The molecule has 1 amide bonds. The Hall–Kier alpha value is -2.80. The summed E-state index contributed by atoms with van der Waals surface area (Å²) in [5, 5.41) is 8.86. The Balaban J connectivity index is 2.00. The van der Waals surface area contributed by atoms with Crippen LogP contribution in [0.2, 0.25) is 0 Å². The molecule has 0 saturated carbocycles. The van der Waals surface area contributed by atoms with E-state index in [4.69, 9.17) is 10.00 Å². The van der Waals surface area contributed by atoms with Crippen molar-refractivity contribution in [2.45, 2.75) is 19.6 Å². The molecule has 104 valence electrons. The number of anilines is 1. The lowest BCUT2D eigenvalue weighted by Gasteiger charge is -2.22. The number of carbonyl (C=O) groups is 1. The summed E-state index contributed by atoms with van der Waals surface area (Å²) >= 11 is 0. The maximum atomic E-state index is 12.5. The molecule has 0 spiro atoms. The van der Waals surface area contributed by atoms with Gasteiger partial charge in [0.25, 0.3) is 5.91 Å². The van der Waals surface area contributed by atoms with Gasteiger partial charge >= 0.3 is 0 Å². The monoisotopic (exact) mass is 278 g/mol. The van der Waals surface area contributed by atoms with E-state index in [0.717, 1.165) is 17.0 Å². The zero-order valence-corrected chi connectivity index (χ0v) is 11.6. The fraction of sp³-hybridized carbons (Fsp3) is 0.176. The van der Waals surface area contributed by atoms with Crippen molar-refractivity contribution >= 4 is 11.6 Å². The van der Waals surface area contributed by atoms with Crippen LogP contribution in [0.1, 0.15) is 18.1 Å². The highest BCUT2D eigenvalue weighted by Crippen LogP contribution is 2.28. The second-order valence-corrected chi connectivity index (χ2v) is 4.95. The van der Waals surface area contributed by atoms with Crippen LogP contribution in [0, 0.1) is 11.3 Å². The molecule has 1 atom stereocenters. The van der Waals surface area contributed by atoms with E-state index in [-0.39, 0.29) is 5.91 Å². The summed E-state index contributed by atoms with van der Waals surface area (Å²) in [6.45, 7) is 2.21. The van der Waals surface area contributed by atoms with Gasteiger partial charge in [-0.2, -0.15) is 5.26 Å². The summed E-state index contributed by atoms with van der Waals surface area (Å²) < 4.78 is 5.72. The number of ether oxygens (including phenoxy) is 1. The first kappa shape index (κ1) is 13.2. The topological polar surface area (TPSA) is 53.3 Å². The van der Waals surface area contributed by atoms with Gasteiger partial charge in [-0.25, -0.2) is 0 Å². The van der Waals surface area contributed by atoms with Crippen molar-refractivity contribution in [2.24, 2.45) is 0 Å². The minimum atomic E-state index is -0.538. The Kier molecular flexibility index (Phi) is 3.33. The number of para-hydroxylation sites is 1. The smallest absolute Gasteiger partial charge is 0.268 e. The minimum absolute atomic E-state index is 0.0871. The third-order valence-electron chi connectivity index (χ3n) is 3.53. The number of nitrogens with zero attached hydrogens (tertiary/aromatic N) is 2. The SMILES string of the molecule is CC1Oc2ccccc2CN(c2ccc(C#N)cc2)C1=O. The normalized spacial score (nSPS) is 17.4. The molecule has 1 heterocycles. The van der Waals surface area contributed by atoms with E-state index in [2.05, 4.69) is 6.07 Å². The number of nitriles is 1. The molecule has 2 aromatic carbocycles. The van der Waals surface area contributed by atoms with Gasteiger partial charge in [0.2, 0.25) is 0 Å². The lowest BCUT2D eigenvalue weighted by Crippen LogP contribution is -2.37. The largest absolute Gasteiger partial charge is 0.481 e. The van der Waals surface area contributed by atoms with Crippen molar-refractivity contribution in [1.82, 2.24) is 0 Å². The average Bonchev–Trinajstić information content (AvgIpc) is 2.65. The molecular formula is C17H14N2O2. The summed E-state index contributed by atoms with van der Waals surface area (Å²) in [7, 11) is 0. The number of hydrogen-bond donors (Lipinski definition) is 0. The molecule has 0 N–H and O–H groups in total. The lowest BCUT2D eigenvalue weighted by molar-refractivity contribution is -0.124. The minimum Gasteiger partial charge on any atom is -0.481 e. The van der Waals surface area contributed by atoms with Crippen LogP contribution in [-0.2, 0) is 11.3 Å². The van der Waals surface area contributed by atoms with E-state index in [1.807, 2.05) is 24.3 Å². The maximum Gasteiger partial charge on any atom is 0.268 e. The number of amides is 1. The first-order valence-corrected chi connectivity index (χ1v) is 6.75. The zero-order chi connectivity index (χ0) is 14.8. The molecular weight excluding hydrogens is 264 g/mol. The highest BCUT2D eigenvalue weighted by molar-refractivity contribution is 5.97. The molecule has 1 aliphatic rings. The molecule has 4 heteroatoms. The van der Waals surface area contributed by atoms with Crippen LogP contribution in [-0.4, -0.2) is 12.0 Å². The first-order chi connectivity index (χ1) is 10.2. The van der Waals surface area contributed by atoms with Crippen molar-refractivity contribution < 1.29 is 9.53 Å². The van der Waals surface area contributed by atoms with E-state index < -0.39 is 6.10 Å². The van der Waals surface area contributed by atoms with Gasteiger partial charge in [0.15, 0.2) is 6.10 Å². The molecule has 1 unspecified atom stereocenters. The van der Waals surface area contributed by atoms with Crippen LogP contribution in [0.3, 0.4) is 0 Å². The van der Waals surface area contributed by atoms with Gasteiger partial charge < -0.3 is 9.64 Å². The fourth-order valence-corrected chi connectivity index (χ4v) is 2.39. The number of hydrogen-bond acceptors (Lipinski definition) is 3. The quantitative estimate of drug-likeness (QED) is 0.806. The fourth-order valence-electron chi connectivity index (χ4n) is 2.39. The second-order valence-electron chi connectivity index (χ2n) is 4.95. The summed E-state index contributed by atoms with van der Waals surface area (Å²) in [5.41, 5.74) is 2.32. The third kappa shape index (κ3) is 2.46. The highest BCUT2D eigenvalue weighted by atomic mass is 16.5. The summed E-state index contributed by atoms with van der Waals surface area (Å²) in [6, 6.07) is 16.7. The molecule has 3 rings (SSSR count). The Bertz CT molecular complexity index is 716. The van der Waals surface area contributed by atoms with Crippen molar-refractivity contribution in [3.63, 3.8) is 0 Å². The van der Waals surface area contributed by atoms with Gasteiger partial charge in [-0.3, -0.25) is 4.79 Å². The zero-order valence-electron chi connectivity index (χ0n) is 11.6. The van der Waals surface area contributed by atoms with Crippen LogP contribution in [0.5, 0.6) is 5.75 Å². The predicted molar refractivity (Wildman–Crippen MR) is 78.9 cm³/mol. The Morgan fingerprint density at radius 3 is 2.62 bits per heavy atom. The van der Waals surface area contributed by atoms with Crippen LogP contribution in [0.4, 0.5) is 5.69 Å². The first-order valence-electron chi connectivity index (χ1n) is 6.75. The third-order valence-corrected chi connectivity index (χ3v) is 3.53. The number of rotatable bonds is 1. The van der Waals surface area contributed by atoms with Gasteiger partial charge in [-0.1, -0.05) is 18.2 Å². The van der Waals surface area contributed by atoms with E-state index >= 15 is 0 Å². The van der Waals surface area contributed by atoms with Crippen LogP contribution in [0.25, 0.3) is 0 Å². The second kappa shape index (κ2) is 5.29. The summed E-state index contributed by atoms with van der Waals surface area (Å²) in [5.74, 6) is 0.658. The van der Waals surface area contributed by atoms with E-state index in [1.165, 1.54) is 0 Å². The van der Waals surface area contributed by atoms with Gasteiger partial charge in [0, 0.05) is 11.3 Å². The number of carbonyl (C=O) groups excluding carboxylic acids is 1. The van der Waals surface area contributed by atoms with Crippen molar-refractivity contribution in [2.75, 3.05) is 4.90 Å². The Morgan fingerprint density at radius 1 is 1.19 bits per heavy atom. The van der Waals surface area contributed by atoms with Crippen LogP contribution < -0.4 is 9.64 Å². The van der Waals surface area contributed by atoms with E-state index in [1.54, 1.807) is 36.1 Å². The molecule has 4 nitrogen and oxygen atoms in total. The lowest BCUT2D eigenvalue weighted by atomic mass is 10.1. The van der Waals surface area contributed by atoms with E-state index in [9.17, 15) is 4.79 Å². The van der Waals surface area contributed by atoms with Crippen molar-refractivity contribution in [3.8, 4) is 11.8 Å². The molecule has 0 radical (unpaired) electrons. The summed E-state index contributed by atoms with van der Waals surface area (Å²) in [4.78, 5) is 14.2.